The van der Waals surface area contributed by atoms with Crippen LogP contribution in [0, 0.1) is 23.0 Å². The van der Waals surface area contributed by atoms with Crippen molar-refractivity contribution >= 4 is 23.7 Å². The molecule has 0 aromatic heterocycles. The summed E-state index contributed by atoms with van der Waals surface area (Å²) in [5, 5.41) is 11.9. The summed E-state index contributed by atoms with van der Waals surface area (Å²) in [6.07, 6.45) is 0.654. The van der Waals surface area contributed by atoms with Gasteiger partial charge in [0.05, 0.1) is 24.9 Å². The number of allylic oxidation sites excluding steroid dienone is 1. The van der Waals surface area contributed by atoms with Crippen LogP contribution < -0.4 is 40.3 Å². The number of halogens is 4. The average molecular weight is 626 g/mol. The predicted molar refractivity (Wildman–Crippen MR) is 140 cm³/mol. The molecule has 1 unspecified atom stereocenters. The number of hydrogen-bond acceptors (Lipinski definition) is 7. The number of nitriles is 1. The molecule has 2 aromatic rings. The van der Waals surface area contributed by atoms with Crippen LogP contribution in [0.1, 0.15) is 30.5 Å². The van der Waals surface area contributed by atoms with Crippen molar-refractivity contribution in [2.24, 2.45) is 0 Å². The zero-order chi connectivity index (χ0) is 28.8. The van der Waals surface area contributed by atoms with Crippen LogP contribution in [0.4, 0.5) is 24.1 Å². The molecule has 0 saturated carbocycles. The van der Waals surface area contributed by atoms with Crippen molar-refractivity contribution in [2.45, 2.75) is 19.4 Å². The summed E-state index contributed by atoms with van der Waals surface area (Å²) in [6.45, 7) is 5.80. The number of para-hydroxylation sites is 1. The van der Waals surface area contributed by atoms with Gasteiger partial charge in [0.1, 0.15) is 23.4 Å². The largest absolute Gasteiger partial charge is 1.00 e. The molecular formula is C28H32Cl2F2N6O4. The van der Waals surface area contributed by atoms with Crippen LogP contribution in [0.5, 0.6) is 0 Å². The van der Waals surface area contributed by atoms with E-state index in [1.807, 2.05) is 24.3 Å². The van der Waals surface area contributed by atoms with E-state index in [1.165, 1.54) is 25.4 Å². The number of ether oxygens (including phenoxy) is 1. The van der Waals surface area contributed by atoms with Gasteiger partial charge in [-0.2, -0.15) is 10.2 Å². The number of nitrogens with zero attached hydrogens (tertiary/aromatic N) is 4. The van der Waals surface area contributed by atoms with Gasteiger partial charge in [-0.05, 0) is 29.8 Å². The first-order valence-electron chi connectivity index (χ1n) is 13.0. The van der Waals surface area contributed by atoms with Gasteiger partial charge < -0.3 is 34.5 Å². The number of quaternary nitrogens is 2. The van der Waals surface area contributed by atoms with Gasteiger partial charge in [0.25, 0.3) is 0 Å². The van der Waals surface area contributed by atoms with Gasteiger partial charge in [-0.25, -0.2) is 28.5 Å². The lowest BCUT2D eigenvalue weighted by molar-refractivity contribution is -0.569. The molecule has 4 rings (SSSR count). The normalized spacial score (nSPS) is 17.2. The van der Waals surface area contributed by atoms with E-state index in [9.17, 15) is 28.4 Å². The van der Waals surface area contributed by atoms with Crippen LogP contribution in [-0.2, 0) is 9.53 Å². The van der Waals surface area contributed by atoms with Gasteiger partial charge in [-0.15, -0.1) is 0 Å². The third-order valence-corrected chi connectivity index (χ3v) is 7.17. The van der Waals surface area contributed by atoms with Crippen molar-refractivity contribution in [3.05, 3.63) is 76.5 Å². The number of methoxy groups -OCH3 is 1. The number of carbonyl (C=O) groups is 3. The summed E-state index contributed by atoms with van der Waals surface area (Å²) in [5.41, 5.74) is 1.95. The van der Waals surface area contributed by atoms with Crippen molar-refractivity contribution in [3.8, 4) is 6.07 Å². The van der Waals surface area contributed by atoms with E-state index in [1.54, 1.807) is 0 Å². The van der Waals surface area contributed by atoms with Crippen molar-refractivity contribution in [1.29, 1.82) is 5.26 Å². The Morgan fingerprint density at radius 2 is 1.79 bits per heavy atom. The van der Waals surface area contributed by atoms with Crippen LogP contribution in [0.2, 0.25) is 0 Å². The third kappa shape index (κ3) is 7.61. The fourth-order valence-corrected chi connectivity index (χ4v) is 5.12. The predicted octanol–water partition coefficient (Wildman–Crippen LogP) is -4.77. The third-order valence-electron chi connectivity index (χ3n) is 7.17. The minimum absolute atomic E-state index is 0. The molecule has 1 saturated heterocycles. The maximum Gasteiger partial charge on any atom is 0.432 e. The summed E-state index contributed by atoms with van der Waals surface area (Å²) < 4.78 is 32.6. The monoisotopic (exact) mass is 624 g/mol. The second kappa shape index (κ2) is 15.6. The molecule has 1 fully saturated rings. The van der Waals surface area contributed by atoms with E-state index in [0.717, 1.165) is 60.8 Å². The Labute approximate surface area is 255 Å². The number of nitrogens with two attached hydrogens (primary N) is 2. The summed E-state index contributed by atoms with van der Waals surface area (Å²) in [6, 6.07) is 10.2. The summed E-state index contributed by atoms with van der Waals surface area (Å²) in [7, 11) is 1.17. The lowest BCUT2D eigenvalue weighted by atomic mass is 9.94. The van der Waals surface area contributed by atoms with E-state index in [0.29, 0.717) is 18.5 Å². The first kappa shape index (κ1) is 34.6. The Morgan fingerprint density at radius 3 is 2.43 bits per heavy atom. The number of imide groups is 1. The Bertz CT molecular complexity index is 1380. The molecule has 0 bridgehead atoms. The van der Waals surface area contributed by atoms with Crippen molar-refractivity contribution < 1.29 is 63.3 Å². The quantitative estimate of drug-likeness (QED) is 0.234. The Balaban J connectivity index is 0.00000308. The minimum Gasteiger partial charge on any atom is -1.00 e. The summed E-state index contributed by atoms with van der Waals surface area (Å²) in [4.78, 5) is 44.2. The molecule has 10 nitrogen and oxygen atoms in total. The van der Waals surface area contributed by atoms with Crippen molar-refractivity contribution in [2.75, 3.05) is 51.3 Å². The molecule has 226 valence electrons. The van der Waals surface area contributed by atoms with Crippen LogP contribution in [0.15, 0.2) is 53.7 Å². The number of esters is 1. The number of amides is 4. The average Bonchev–Trinajstić information content (AvgIpc) is 2.96. The fraction of sp³-hybridized carbons (Fsp3) is 0.357. The highest BCUT2D eigenvalue weighted by molar-refractivity contribution is 5.96. The highest BCUT2D eigenvalue weighted by atomic mass is 35.5. The number of benzene rings is 2. The second-order valence-electron chi connectivity index (χ2n) is 9.66. The molecule has 2 heterocycles. The van der Waals surface area contributed by atoms with E-state index in [4.69, 9.17) is 4.74 Å². The maximum absolute atomic E-state index is 14.1. The molecule has 2 aromatic carbocycles. The Morgan fingerprint density at radius 1 is 1.10 bits per heavy atom. The fourth-order valence-electron chi connectivity index (χ4n) is 5.12. The zero-order valence-electron chi connectivity index (χ0n) is 23.2. The number of carbonyl (C=O) groups excluding carboxylic acids is 3. The maximum atomic E-state index is 14.1. The molecule has 14 heteroatoms. The van der Waals surface area contributed by atoms with Gasteiger partial charge >= 0.3 is 18.0 Å². The van der Waals surface area contributed by atoms with E-state index < -0.39 is 35.7 Å². The Hall–Kier alpha value is -3.60. The Kier molecular flexibility index (Phi) is 12.8. The standard InChI is InChI=1S/C28H30F2N6O4.2ClH/c1-18-24(26(37)40-2)25(19-8-9-21(29)22(30)16-19)36(28(39)33-18)27(38)32-10-5-11-34-12-14-35(15-13-34)23-7-4-3-6-20(23)17-31;;/h3-4,6-9,16,25H,5,10-15H2,1-2H3,(H,32,38)(H,33,39);2*1H. The number of rotatable bonds is 7. The molecule has 42 heavy (non-hydrogen) atoms. The van der Waals surface area contributed by atoms with E-state index in [2.05, 4.69) is 15.9 Å². The van der Waals surface area contributed by atoms with Crippen molar-refractivity contribution in [3.63, 3.8) is 0 Å². The van der Waals surface area contributed by atoms with Gasteiger partial charge in [0.15, 0.2) is 11.6 Å². The summed E-state index contributed by atoms with van der Waals surface area (Å²) in [5.74, 6) is -3.02. The highest BCUT2D eigenvalue weighted by Gasteiger charge is 2.47. The lowest BCUT2D eigenvalue weighted by Crippen LogP contribution is -3.00. The van der Waals surface area contributed by atoms with Gasteiger partial charge in [-0.3, -0.25) is 10.2 Å². The van der Waals surface area contributed by atoms with Gasteiger partial charge in [-0.1, -0.05) is 18.2 Å². The molecular weight excluding hydrogens is 593 g/mol. The minimum atomic E-state index is -1.26. The van der Waals surface area contributed by atoms with Crippen LogP contribution in [0.3, 0.4) is 0 Å². The molecule has 4 amide bonds. The van der Waals surface area contributed by atoms with E-state index in [-0.39, 0.29) is 41.6 Å². The first-order chi connectivity index (χ1) is 19.2. The SMILES string of the molecule is COC(=O)C1=C(C)[NH2+]C(=O)N(C(=O)[NH2+]CCCN2CCN(c3ccccc3C#N)CC2)C1c1ccc(F)c(F)c1.[Cl-].[Cl-]. The number of hydrogen-bond donors (Lipinski definition) is 2. The molecule has 1 atom stereocenters. The van der Waals surface area contributed by atoms with Crippen LogP contribution in [-0.4, -0.2) is 74.2 Å². The number of primary amides is 2. The zero-order valence-corrected chi connectivity index (χ0v) is 24.7. The summed E-state index contributed by atoms with van der Waals surface area (Å²) >= 11 is 0. The van der Waals surface area contributed by atoms with Crippen LogP contribution >= 0.6 is 0 Å². The highest BCUT2D eigenvalue weighted by Crippen LogP contribution is 2.32. The molecule has 2 aliphatic rings. The molecule has 0 radical (unpaired) electrons. The number of urea groups is 2. The molecule has 2 aliphatic heterocycles. The molecule has 0 aliphatic carbocycles. The molecule has 4 N–H and O–H groups in total. The number of piperazine rings is 1. The first-order valence-corrected chi connectivity index (χ1v) is 13.0. The second-order valence-corrected chi connectivity index (χ2v) is 9.66. The topological polar surface area (TPSA) is 127 Å². The van der Waals surface area contributed by atoms with Crippen molar-refractivity contribution in [1.82, 2.24) is 9.80 Å². The van der Waals surface area contributed by atoms with Gasteiger partial charge in [0.2, 0.25) is 0 Å². The van der Waals surface area contributed by atoms with Gasteiger partial charge in [0, 0.05) is 46.1 Å². The molecule has 0 spiro atoms. The van der Waals surface area contributed by atoms with E-state index >= 15 is 0 Å². The smallest absolute Gasteiger partial charge is 0.432 e. The van der Waals surface area contributed by atoms with Crippen LogP contribution in [0.25, 0.3) is 0 Å². The lowest BCUT2D eigenvalue weighted by Gasteiger charge is -2.36. The number of anilines is 1.